The van der Waals surface area contributed by atoms with Gasteiger partial charge in [-0.25, -0.2) is 9.78 Å². The summed E-state index contributed by atoms with van der Waals surface area (Å²) < 4.78 is 43.3. The number of esters is 1. The van der Waals surface area contributed by atoms with Gasteiger partial charge in [-0.1, -0.05) is 0 Å². The lowest BCUT2D eigenvalue weighted by Gasteiger charge is -2.05. The Labute approximate surface area is 116 Å². The summed E-state index contributed by atoms with van der Waals surface area (Å²) in [6.07, 6.45) is -1.83. The first-order valence-corrected chi connectivity index (χ1v) is 6.40. The summed E-state index contributed by atoms with van der Waals surface area (Å²) in [6, 6.07) is 3.15. The van der Waals surface area contributed by atoms with Gasteiger partial charge in [0, 0.05) is 18.0 Å². The second-order valence-corrected chi connectivity index (χ2v) is 4.66. The van der Waals surface area contributed by atoms with Crippen LogP contribution >= 0.6 is 11.3 Å². The van der Waals surface area contributed by atoms with Gasteiger partial charge in [0.15, 0.2) is 5.69 Å². The minimum Gasteiger partial charge on any atom is -0.462 e. The van der Waals surface area contributed by atoms with E-state index in [1.807, 2.05) is 0 Å². The number of pyridine rings is 1. The van der Waals surface area contributed by atoms with Crippen LogP contribution in [0.3, 0.4) is 0 Å². The van der Waals surface area contributed by atoms with Crippen LogP contribution in [0.1, 0.15) is 22.3 Å². The van der Waals surface area contributed by atoms with Gasteiger partial charge >= 0.3 is 12.1 Å². The number of hydrogen-bond acceptors (Lipinski definition) is 5. The van der Waals surface area contributed by atoms with Crippen LogP contribution < -0.4 is 0 Å². The molecule has 0 radical (unpaired) electrons. The Morgan fingerprint density at radius 1 is 1.45 bits per heavy atom. The zero-order chi connectivity index (χ0) is 14.8. The van der Waals surface area contributed by atoms with E-state index in [1.54, 1.807) is 12.1 Å². The SMILES string of the molecule is CCOC(=O)c1sc(-c2cccnc2)nc1C(F)(F)F. The smallest absolute Gasteiger partial charge is 0.435 e. The highest BCUT2D eigenvalue weighted by Gasteiger charge is 2.40. The van der Waals surface area contributed by atoms with E-state index in [2.05, 4.69) is 14.7 Å². The molecule has 0 N–H and O–H groups in total. The van der Waals surface area contributed by atoms with Crippen molar-refractivity contribution in [3.05, 3.63) is 35.1 Å². The van der Waals surface area contributed by atoms with Crippen molar-refractivity contribution in [1.82, 2.24) is 9.97 Å². The van der Waals surface area contributed by atoms with E-state index in [0.29, 0.717) is 16.9 Å². The van der Waals surface area contributed by atoms with E-state index in [-0.39, 0.29) is 11.6 Å². The van der Waals surface area contributed by atoms with E-state index < -0.39 is 22.7 Å². The topological polar surface area (TPSA) is 52.1 Å². The summed E-state index contributed by atoms with van der Waals surface area (Å²) in [5.41, 5.74) is -0.807. The molecule has 0 aromatic carbocycles. The first-order chi connectivity index (χ1) is 9.43. The summed E-state index contributed by atoms with van der Waals surface area (Å²) in [7, 11) is 0. The van der Waals surface area contributed by atoms with Gasteiger partial charge in [0.2, 0.25) is 0 Å². The van der Waals surface area contributed by atoms with Gasteiger partial charge in [-0.3, -0.25) is 4.98 Å². The molecule has 0 aliphatic rings. The van der Waals surface area contributed by atoms with Crippen LogP contribution in [0.2, 0.25) is 0 Å². The highest BCUT2D eigenvalue weighted by molar-refractivity contribution is 7.17. The maximum atomic E-state index is 12.9. The number of carbonyl (C=O) groups is 1. The molecule has 2 aromatic rings. The molecule has 0 saturated carbocycles. The minimum absolute atomic E-state index is 0.00371. The fraction of sp³-hybridized carbons (Fsp3) is 0.250. The zero-order valence-corrected chi connectivity index (χ0v) is 11.1. The molecule has 2 heterocycles. The average molecular weight is 302 g/mol. The Balaban J connectivity index is 2.50. The quantitative estimate of drug-likeness (QED) is 0.815. The normalized spacial score (nSPS) is 11.4. The maximum Gasteiger partial charge on any atom is 0.435 e. The van der Waals surface area contributed by atoms with Gasteiger partial charge < -0.3 is 4.74 Å². The number of alkyl halides is 3. The summed E-state index contributed by atoms with van der Waals surface area (Å²) in [5, 5.41) is 0.0773. The molecule has 0 aliphatic heterocycles. The molecule has 0 atom stereocenters. The minimum atomic E-state index is -4.71. The fourth-order valence-corrected chi connectivity index (χ4v) is 2.43. The van der Waals surface area contributed by atoms with Crippen LogP contribution in [0.5, 0.6) is 0 Å². The van der Waals surface area contributed by atoms with Crippen molar-refractivity contribution in [2.45, 2.75) is 13.1 Å². The van der Waals surface area contributed by atoms with Gasteiger partial charge in [0.05, 0.1) is 6.61 Å². The molecule has 8 heteroatoms. The number of halogens is 3. The summed E-state index contributed by atoms with van der Waals surface area (Å²) in [5.74, 6) is -1.02. The molecule has 0 fully saturated rings. The number of nitrogens with zero attached hydrogens (tertiary/aromatic N) is 2. The van der Waals surface area contributed by atoms with Crippen molar-refractivity contribution in [1.29, 1.82) is 0 Å². The third-order valence-electron chi connectivity index (χ3n) is 2.26. The van der Waals surface area contributed by atoms with Gasteiger partial charge in [0.25, 0.3) is 0 Å². The molecule has 0 spiro atoms. The lowest BCUT2D eigenvalue weighted by molar-refractivity contribution is -0.141. The second kappa shape index (κ2) is 5.58. The molecule has 106 valence electrons. The molecule has 0 bridgehead atoms. The molecule has 0 saturated heterocycles. The first kappa shape index (κ1) is 14.4. The third-order valence-corrected chi connectivity index (χ3v) is 3.35. The monoisotopic (exact) mass is 302 g/mol. The van der Waals surface area contributed by atoms with Gasteiger partial charge in [0.1, 0.15) is 9.88 Å². The van der Waals surface area contributed by atoms with E-state index >= 15 is 0 Å². The van der Waals surface area contributed by atoms with E-state index in [9.17, 15) is 18.0 Å². The molecule has 4 nitrogen and oxygen atoms in total. The second-order valence-electron chi connectivity index (χ2n) is 3.66. The molecule has 20 heavy (non-hydrogen) atoms. The van der Waals surface area contributed by atoms with Gasteiger partial charge in [-0.05, 0) is 19.1 Å². The third kappa shape index (κ3) is 2.96. The van der Waals surface area contributed by atoms with Crippen LogP contribution in [-0.2, 0) is 10.9 Å². The summed E-state index contributed by atoms with van der Waals surface area (Å²) in [4.78, 5) is 18.4. The first-order valence-electron chi connectivity index (χ1n) is 5.59. The average Bonchev–Trinajstić information content (AvgIpc) is 2.85. The van der Waals surface area contributed by atoms with Gasteiger partial charge in [-0.15, -0.1) is 11.3 Å². The van der Waals surface area contributed by atoms with Crippen molar-refractivity contribution < 1.29 is 22.7 Å². The lowest BCUT2D eigenvalue weighted by Crippen LogP contribution is -2.13. The number of carbonyl (C=O) groups excluding carboxylic acids is 1. The molecule has 2 aromatic heterocycles. The molecular formula is C12H9F3N2O2S. The Morgan fingerprint density at radius 3 is 2.75 bits per heavy atom. The van der Waals surface area contributed by atoms with Crippen LogP contribution in [0.15, 0.2) is 24.5 Å². The van der Waals surface area contributed by atoms with Crippen LogP contribution in [0, 0.1) is 0 Å². The van der Waals surface area contributed by atoms with Gasteiger partial charge in [-0.2, -0.15) is 13.2 Å². The standard InChI is InChI=1S/C12H9F3N2O2S/c1-2-19-11(18)8-9(12(13,14)15)17-10(20-8)7-4-3-5-16-6-7/h3-6H,2H2,1H3. The highest BCUT2D eigenvalue weighted by atomic mass is 32.1. The van der Waals surface area contributed by atoms with Crippen molar-refractivity contribution >= 4 is 17.3 Å². The highest BCUT2D eigenvalue weighted by Crippen LogP contribution is 2.37. The number of hydrogen-bond donors (Lipinski definition) is 0. The van der Waals surface area contributed by atoms with Crippen LogP contribution in [-0.4, -0.2) is 22.5 Å². The molecule has 0 amide bonds. The van der Waals surface area contributed by atoms with E-state index in [4.69, 9.17) is 0 Å². The zero-order valence-electron chi connectivity index (χ0n) is 10.3. The Hall–Kier alpha value is -1.96. The number of rotatable bonds is 3. The molecule has 0 unspecified atom stereocenters. The Kier molecular flexibility index (Phi) is 4.03. The number of ether oxygens (including phenoxy) is 1. The molecule has 2 rings (SSSR count). The van der Waals surface area contributed by atoms with Crippen LogP contribution in [0.25, 0.3) is 10.6 Å². The molecule has 0 aliphatic carbocycles. The Bertz CT molecular complexity index is 611. The Morgan fingerprint density at radius 2 is 2.20 bits per heavy atom. The summed E-state index contributed by atoms with van der Waals surface area (Å²) in [6.45, 7) is 1.52. The van der Waals surface area contributed by atoms with Crippen molar-refractivity contribution in [2.24, 2.45) is 0 Å². The molecular weight excluding hydrogens is 293 g/mol. The predicted octanol–water partition coefficient (Wildman–Crippen LogP) is 3.40. The lowest BCUT2D eigenvalue weighted by atomic mass is 10.3. The summed E-state index contributed by atoms with van der Waals surface area (Å²) >= 11 is 0.642. The van der Waals surface area contributed by atoms with Crippen molar-refractivity contribution in [3.8, 4) is 10.6 Å². The number of aromatic nitrogens is 2. The maximum absolute atomic E-state index is 12.9. The number of thiazole rings is 1. The van der Waals surface area contributed by atoms with Crippen molar-refractivity contribution in [3.63, 3.8) is 0 Å². The van der Waals surface area contributed by atoms with E-state index in [1.165, 1.54) is 19.3 Å². The largest absolute Gasteiger partial charge is 0.462 e. The van der Waals surface area contributed by atoms with Crippen LogP contribution in [0.4, 0.5) is 13.2 Å². The van der Waals surface area contributed by atoms with E-state index in [0.717, 1.165) is 0 Å². The van der Waals surface area contributed by atoms with Crippen molar-refractivity contribution in [2.75, 3.05) is 6.61 Å². The predicted molar refractivity (Wildman–Crippen MR) is 66.3 cm³/mol. The fourth-order valence-electron chi connectivity index (χ4n) is 1.46.